The van der Waals surface area contributed by atoms with Crippen LogP contribution in [-0.2, 0) is 0 Å². The third kappa shape index (κ3) is 2.29. The largest absolute Gasteiger partial charge is 0.345 e. The van der Waals surface area contributed by atoms with Crippen molar-refractivity contribution in [3.63, 3.8) is 0 Å². The average Bonchev–Trinajstić information content (AvgIpc) is 2.65. The number of hydrogen-bond acceptors (Lipinski definition) is 5. The van der Waals surface area contributed by atoms with E-state index in [9.17, 15) is 0 Å². The average molecular weight is 226 g/mol. The van der Waals surface area contributed by atoms with E-state index in [1.807, 2.05) is 6.92 Å². The van der Waals surface area contributed by atoms with Crippen molar-refractivity contribution in [1.82, 2.24) is 9.36 Å². The van der Waals surface area contributed by atoms with Crippen LogP contribution < -0.4 is 10.6 Å². The molecule has 0 radical (unpaired) electrons. The molecule has 2 rings (SSSR count). The highest BCUT2D eigenvalue weighted by molar-refractivity contribution is 7.09. The Kier molecular flexibility index (Phi) is 3.21. The van der Waals surface area contributed by atoms with Crippen LogP contribution in [0.3, 0.4) is 0 Å². The fraction of sp³-hybridized carbons (Fsp3) is 0.800. The lowest BCUT2D eigenvalue weighted by atomic mass is 9.90. The number of likely N-dealkylation sites (N-methyl/N-ethyl adjacent to an activating group) is 1. The molecule has 4 nitrogen and oxygen atoms in total. The Balaban J connectivity index is 2.09. The van der Waals surface area contributed by atoms with Crippen molar-refractivity contribution >= 4 is 16.7 Å². The van der Waals surface area contributed by atoms with Crippen LogP contribution >= 0.6 is 11.5 Å². The van der Waals surface area contributed by atoms with E-state index >= 15 is 0 Å². The van der Waals surface area contributed by atoms with Crippen LogP contribution in [0.15, 0.2) is 0 Å². The minimum absolute atomic E-state index is 0.285. The van der Waals surface area contributed by atoms with Gasteiger partial charge in [-0.1, -0.05) is 12.8 Å². The van der Waals surface area contributed by atoms with Gasteiger partial charge in [0, 0.05) is 30.7 Å². The van der Waals surface area contributed by atoms with E-state index in [1.54, 1.807) is 0 Å². The van der Waals surface area contributed by atoms with Crippen LogP contribution in [0.1, 0.15) is 31.5 Å². The Bertz CT molecular complexity index is 325. The van der Waals surface area contributed by atoms with Crippen LogP contribution in [0, 0.1) is 6.92 Å². The fourth-order valence-corrected chi connectivity index (χ4v) is 2.88. The Labute approximate surface area is 94.7 Å². The molecule has 1 fully saturated rings. The number of nitrogens with two attached hydrogens (primary N) is 1. The molecule has 2 atom stereocenters. The molecule has 0 amide bonds. The van der Waals surface area contributed by atoms with Crippen molar-refractivity contribution in [3.05, 3.63) is 5.82 Å². The molecular formula is C10H18N4S. The van der Waals surface area contributed by atoms with Crippen molar-refractivity contribution in [3.8, 4) is 0 Å². The first-order valence-electron chi connectivity index (χ1n) is 5.47. The van der Waals surface area contributed by atoms with Gasteiger partial charge in [-0.15, -0.1) is 0 Å². The summed E-state index contributed by atoms with van der Waals surface area (Å²) in [6.45, 7) is 1.93. The number of hydrogen-bond donors (Lipinski definition) is 1. The smallest absolute Gasteiger partial charge is 0.205 e. The summed E-state index contributed by atoms with van der Waals surface area (Å²) in [5, 5.41) is 0.995. The van der Waals surface area contributed by atoms with Gasteiger partial charge in [-0.3, -0.25) is 0 Å². The van der Waals surface area contributed by atoms with Crippen molar-refractivity contribution in [2.75, 3.05) is 11.9 Å². The van der Waals surface area contributed by atoms with Gasteiger partial charge < -0.3 is 10.6 Å². The summed E-state index contributed by atoms with van der Waals surface area (Å²) in [6.07, 6.45) is 4.85. The summed E-state index contributed by atoms with van der Waals surface area (Å²) in [5.74, 6) is 0.853. The molecule has 1 aliphatic carbocycles. The van der Waals surface area contributed by atoms with Gasteiger partial charge in [0.05, 0.1) is 0 Å². The zero-order valence-corrected chi connectivity index (χ0v) is 10.1. The molecule has 0 saturated heterocycles. The second-order valence-corrected chi connectivity index (χ2v) is 4.98. The van der Waals surface area contributed by atoms with Crippen molar-refractivity contribution < 1.29 is 0 Å². The molecular weight excluding hydrogens is 208 g/mol. The van der Waals surface area contributed by atoms with Crippen LogP contribution in [0.25, 0.3) is 0 Å². The number of nitrogens with zero attached hydrogens (tertiary/aromatic N) is 3. The highest BCUT2D eigenvalue weighted by Gasteiger charge is 2.27. The maximum absolute atomic E-state index is 6.14. The Morgan fingerprint density at radius 2 is 2.13 bits per heavy atom. The molecule has 1 aliphatic rings. The van der Waals surface area contributed by atoms with E-state index in [4.69, 9.17) is 5.73 Å². The van der Waals surface area contributed by atoms with Crippen LogP contribution in [0.5, 0.6) is 0 Å². The van der Waals surface area contributed by atoms with Crippen LogP contribution in [0.4, 0.5) is 5.13 Å². The standard InChI is InChI=1S/C10H18N4S/c1-7-12-10(15-13-7)14(2)9-6-4-3-5-8(9)11/h8-9H,3-6,11H2,1-2H3. The monoisotopic (exact) mass is 226 g/mol. The summed E-state index contributed by atoms with van der Waals surface area (Å²) in [7, 11) is 2.08. The molecule has 5 heteroatoms. The molecule has 2 unspecified atom stereocenters. The minimum Gasteiger partial charge on any atom is -0.345 e. The molecule has 0 aromatic carbocycles. The van der Waals surface area contributed by atoms with E-state index in [2.05, 4.69) is 21.3 Å². The normalized spacial score (nSPS) is 26.6. The molecule has 0 spiro atoms. The van der Waals surface area contributed by atoms with Gasteiger partial charge in [-0.2, -0.15) is 4.37 Å². The number of aryl methyl sites for hydroxylation is 1. The zero-order chi connectivity index (χ0) is 10.8. The lowest BCUT2D eigenvalue weighted by molar-refractivity contribution is 0.373. The Morgan fingerprint density at radius 1 is 1.40 bits per heavy atom. The molecule has 84 valence electrons. The van der Waals surface area contributed by atoms with E-state index in [0.29, 0.717) is 6.04 Å². The Hall–Kier alpha value is -0.680. The summed E-state index contributed by atoms with van der Waals surface area (Å²) in [4.78, 5) is 6.60. The maximum atomic E-state index is 6.14. The third-order valence-electron chi connectivity index (χ3n) is 3.10. The fourth-order valence-electron chi connectivity index (χ4n) is 2.19. The van der Waals surface area contributed by atoms with E-state index in [0.717, 1.165) is 17.4 Å². The number of rotatable bonds is 2. The van der Waals surface area contributed by atoms with E-state index < -0.39 is 0 Å². The molecule has 1 aromatic rings. The van der Waals surface area contributed by atoms with Gasteiger partial charge in [0.1, 0.15) is 5.82 Å². The van der Waals surface area contributed by atoms with Gasteiger partial charge in [0.25, 0.3) is 0 Å². The first-order chi connectivity index (χ1) is 7.18. The van der Waals surface area contributed by atoms with Gasteiger partial charge in [0.15, 0.2) is 0 Å². The second-order valence-electron chi connectivity index (χ2n) is 4.25. The molecule has 1 heterocycles. The molecule has 1 aromatic heterocycles. The van der Waals surface area contributed by atoms with Crippen molar-refractivity contribution in [1.29, 1.82) is 0 Å². The molecule has 2 N–H and O–H groups in total. The number of anilines is 1. The van der Waals surface area contributed by atoms with Gasteiger partial charge in [-0.05, 0) is 19.8 Å². The summed E-state index contributed by atoms with van der Waals surface area (Å²) >= 11 is 1.46. The highest BCUT2D eigenvalue weighted by Crippen LogP contribution is 2.26. The van der Waals surface area contributed by atoms with E-state index in [-0.39, 0.29) is 6.04 Å². The lowest BCUT2D eigenvalue weighted by Crippen LogP contribution is -2.48. The van der Waals surface area contributed by atoms with Gasteiger partial charge in [0.2, 0.25) is 5.13 Å². The minimum atomic E-state index is 0.285. The molecule has 0 bridgehead atoms. The van der Waals surface area contributed by atoms with Crippen molar-refractivity contribution in [2.45, 2.75) is 44.7 Å². The predicted octanol–water partition coefficient (Wildman–Crippen LogP) is 1.55. The first kappa shape index (κ1) is 10.8. The Morgan fingerprint density at radius 3 is 2.73 bits per heavy atom. The van der Waals surface area contributed by atoms with Crippen LogP contribution in [0.2, 0.25) is 0 Å². The summed E-state index contributed by atoms with van der Waals surface area (Å²) in [6, 6.07) is 0.721. The van der Waals surface area contributed by atoms with E-state index in [1.165, 1.54) is 30.8 Å². The highest BCUT2D eigenvalue weighted by atomic mass is 32.1. The van der Waals surface area contributed by atoms with Gasteiger partial charge in [-0.25, -0.2) is 4.98 Å². The first-order valence-corrected chi connectivity index (χ1v) is 6.24. The molecule has 0 aliphatic heterocycles. The number of aromatic nitrogens is 2. The zero-order valence-electron chi connectivity index (χ0n) is 9.31. The molecule has 15 heavy (non-hydrogen) atoms. The topological polar surface area (TPSA) is 55.0 Å². The van der Waals surface area contributed by atoms with Crippen LogP contribution in [-0.4, -0.2) is 28.5 Å². The third-order valence-corrected chi connectivity index (χ3v) is 4.00. The quantitative estimate of drug-likeness (QED) is 0.831. The van der Waals surface area contributed by atoms with Gasteiger partial charge >= 0.3 is 0 Å². The SMILES string of the molecule is Cc1nsc(N(C)C2CCCCC2N)n1. The second kappa shape index (κ2) is 4.45. The lowest BCUT2D eigenvalue weighted by Gasteiger charge is -2.35. The maximum Gasteiger partial charge on any atom is 0.205 e. The molecule has 1 saturated carbocycles. The predicted molar refractivity (Wildman–Crippen MR) is 63.3 cm³/mol. The summed E-state index contributed by atoms with van der Waals surface area (Å²) in [5.41, 5.74) is 6.14. The van der Waals surface area contributed by atoms with Crippen molar-refractivity contribution in [2.24, 2.45) is 5.73 Å². The summed E-state index contributed by atoms with van der Waals surface area (Å²) < 4.78 is 4.21.